The summed E-state index contributed by atoms with van der Waals surface area (Å²) in [5, 5.41) is 0. The van der Waals surface area contributed by atoms with Crippen LogP contribution in [0.2, 0.25) is 0 Å². The normalized spacial score (nSPS) is 30.3. The lowest BCUT2D eigenvalue weighted by atomic mass is 10.0. The van der Waals surface area contributed by atoms with Crippen LogP contribution in [0.25, 0.3) is 0 Å². The second kappa shape index (κ2) is 3.79. The van der Waals surface area contributed by atoms with Gasteiger partial charge in [0, 0.05) is 0 Å². The van der Waals surface area contributed by atoms with E-state index in [9.17, 15) is 13.2 Å². The Morgan fingerprint density at radius 3 is 2.13 bits per heavy atom. The molecule has 1 rings (SSSR count). The molecule has 2 unspecified atom stereocenters. The van der Waals surface area contributed by atoms with Gasteiger partial charge in [0.15, 0.2) is 12.4 Å². The average Bonchev–Trinajstić information content (AvgIpc) is 2.22. The highest BCUT2D eigenvalue weighted by atomic mass is 19.4. The Kier molecular flexibility index (Phi) is 3.16. The topological polar surface area (TPSA) is 18.5 Å². The summed E-state index contributed by atoms with van der Waals surface area (Å²) < 4.78 is 47.6. The smallest absolute Gasteiger partial charge is 0.340 e. The summed E-state index contributed by atoms with van der Waals surface area (Å²) in [5.74, 6) is 0. The molecular weight excluding hydrogens is 209 g/mol. The fraction of sp³-hybridized carbons (Fsp3) is 0.800. The summed E-state index contributed by atoms with van der Waals surface area (Å²) >= 11 is 0. The van der Waals surface area contributed by atoms with Crippen LogP contribution >= 0.6 is 0 Å². The van der Waals surface area contributed by atoms with Crippen LogP contribution in [-0.4, -0.2) is 24.2 Å². The molecule has 88 valence electrons. The lowest BCUT2D eigenvalue weighted by molar-refractivity contribution is -0.222. The predicted molar refractivity (Wildman–Crippen MR) is 49.3 cm³/mol. The zero-order valence-corrected chi connectivity index (χ0v) is 9.18. The molecule has 0 amide bonds. The molecule has 0 spiro atoms. The van der Waals surface area contributed by atoms with Gasteiger partial charge in [0.25, 0.3) is 0 Å². The molecule has 0 aromatic rings. The molecule has 0 radical (unpaired) electrons. The highest BCUT2D eigenvalue weighted by molar-refractivity contribution is 5.01. The van der Waals surface area contributed by atoms with Gasteiger partial charge in [-0.15, -0.1) is 0 Å². The van der Waals surface area contributed by atoms with E-state index in [2.05, 4.69) is 0 Å². The van der Waals surface area contributed by atoms with Crippen LogP contribution < -0.4 is 0 Å². The van der Waals surface area contributed by atoms with E-state index in [4.69, 9.17) is 9.47 Å². The van der Waals surface area contributed by atoms with Crippen LogP contribution in [0.3, 0.4) is 0 Å². The van der Waals surface area contributed by atoms with Gasteiger partial charge in [0.05, 0.1) is 0 Å². The molecule has 5 heteroatoms. The number of hydrogen-bond donors (Lipinski definition) is 0. The Labute approximate surface area is 87.1 Å². The third-order valence-electron chi connectivity index (χ3n) is 2.09. The lowest BCUT2D eigenvalue weighted by Gasteiger charge is -2.25. The minimum absolute atomic E-state index is 0.860. The largest absolute Gasteiger partial charge is 0.417 e. The van der Waals surface area contributed by atoms with E-state index in [-0.39, 0.29) is 0 Å². The third-order valence-corrected chi connectivity index (χ3v) is 2.09. The molecular formula is C10H15F3O2. The van der Waals surface area contributed by atoms with Crippen LogP contribution in [0.4, 0.5) is 13.2 Å². The van der Waals surface area contributed by atoms with Crippen LogP contribution in [0.1, 0.15) is 27.7 Å². The molecule has 1 saturated heterocycles. The van der Waals surface area contributed by atoms with Crippen LogP contribution in [0.5, 0.6) is 0 Å². The maximum Gasteiger partial charge on any atom is 0.417 e. The van der Waals surface area contributed by atoms with Gasteiger partial charge in [-0.1, -0.05) is 5.57 Å². The van der Waals surface area contributed by atoms with E-state index in [1.54, 1.807) is 13.8 Å². The first-order chi connectivity index (χ1) is 6.63. The van der Waals surface area contributed by atoms with Crippen molar-refractivity contribution < 1.29 is 22.6 Å². The van der Waals surface area contributed by atoms with Crippen molar-refractivity contribution in [2.24, 2.45) is 0 Å². The maximum absolute atomic E-state index is 12.5. The van der Waals surface area contributed by atoms with Crippen molar-refractivity contribution in [3.8, 4) is 0 Å². The van der Waals surface area contributed by atoms with E-state index in [1.807, 2.05) is 0 Å². The first-order valence-electron chi connectivity index (χ1n) is 4.68. The molecule has 1 aliphatic heterocycles. The van der Waals surface area contributed by atoms with Crippen molar-refractivity contribution in [1.82, 2.24) is 0 Å². The highest BCUT2D eigenvalue weighted by Gasteiger charge is 2.56. The van der Waals surface area contributed by atoms with Gasteiger partial charge in [-0.05, 0) is 33.8 Å². The monoisotopic (exact) mass is 224 g/mol. The van der Waals surface area contributed by atoms with Gasteiger partial charge in [0.2, 0.25) is 0 Å². The van der Waals surface area contributed by atoms with E-state index in [0.29, 0.717) is 0 Å². The number of allylic oxidation sites excluding steroid dienone is 1. The summed E-state index contributed by atoms with van der Waals surface area (Å²) in [6, 6.07) is 0. The molecule has 1 heterocycles. The zero-order valence-electron chi connectivity index (χ0n) is 9.18. The van der Waals surface area contributed by atoms with Gasteiger partial charge < -0.3 is 9.47 Å². The molecule has 2 nitrogen and oxygen atoms in total. The van der Waals surface area contributed by atoms with Crippen LogP contribution in [0, 0.1) is 0 Å². The van der Waals surface area contributed by atoms with E-state index in [0.717, 1.165) is 5.57 Å². The second-order valence-corrected chi connectivity index (χ2v) is 4.39. The third kappa shape index (κ3) is 2.95. The number of alkyl halides is 3. The van der Waals surface area contributed by atoms with Crippen LogP contribution in [0.15, 0.2) is 11.6 Å². The van der Waals surface area contributed by atoms with Crippen molar-refractivity contribution in [2.45, 2.75) is 51.9 Å². The van der Waals surface area contributed by atoms with Crippen molar-refractivity contribution >= 4 is 0 Å². The molecule has 0 aromatic carbocycles. The van der Waals surface area contributed by atoms with Crippen molar-refractivity contribution in [2.75, 3.05) is 0 Å². The van der Waals surface area contributed by atoms with E-state index < -0.39 is 24.2 Å². The van der Waals surface area contributed by atoms with Crippen LogP contribution in [-0.2, 0) is 9.47 Å². The van der Waals surface area contributed by atoms with E-state index in [1.165, 1.54) is 19.9 Å². The standard InChI is InChI=1S/C10H15F3O2/c1-6(2)5-7-14-8(10(11,12)13)9(3,4)15-7/h5,7-8H,1-4H3. The summed E-state index contributed by atoms with van der Waals surface area (Å²) in [4.78, 5) is 0. The first kappa shape index (κ1) is 12.5. The number of halogens is 3. The molecule has 1 fully saturated rings. The Bertz CT molecular complexity index is 264. The fourth-order valence-electron chi connectivity index (χ4n) is 1.50. The summed E-state index contributed by atoms with van der Waals surface area (Å²) in [7, 11) is 0. The molecule has 0 N–H and O–H groups in total. The van der Waals surface area contributed by atoms with Gasteiger partial charge in [-0.25, -0.2) is 0 Å². The maximum atomic E-state index is 12.5. The van der Waals surface area contributed by atoms with Crippen molar-refractivity contribution in [3.63, 3.8) is 0 Å². The summed E-state index contributed by atoms with van der Waals surface area (Å²) in [5.41, 5.74) is -0.479. The average molecular weight is 224 g/mol. The van der Waals surface area contributed by atoms with Gasteiger partial charge in [0.1, 0.15) is 5.60 Å². The molecule has 2 atom stereocenters. The Balaban J connectivity index is 2.82. The van der Waals surface area contributed by atoms with Crippen molar-refractivity contribution in [1.29, 1.82) is 0 Å². The molecule has 15 heavy (non-hydrogen) atoms. The Morgan fingerprint density at radius 2 is 1.80 bits per heavy atom. The molecule has 0 aliphatic carbocycles. The van der Waals surface area contributed by atoms with Gasteiger partial charge in [-0.2, -0.15) is 13.2 Å². The van der Waals surface area contributed by atoms with E-state index >= 15 is 0 Å². The summed E-state index contributed by atoms with van der Waals surface area (Å²) in [6.45, 7) is 6.31. The fourth-order valence-corrected chi connectivity index (χ4v) is 1.50. The molecule has 0 aromatic heterocycles. The number of ether oxygens (including phenoxy) is 2. The van der Waals surface area contributed by atoms with Gasteiger partial charge in [-0.3, -0.25) is 0 Å². The Hall–Kier alpha value is -0.550. The predicted octanol–water partition coefficient (Wildman–Crippen LogP) is 3.04. The second-order valence-electron chi connectivity index (χ2n) is 4.39. The van der Waals surface area contributed by atoms with Gasteiger partial charge >= 0.3 is 6.18 Å². The molecule has 0 bridgehead atoms. The molecule has 1 aliphatic rings. The first-order valence-corrected chi connectivity index (χ1v) is 4.68. The highest BCUT2D eigenvalue weighted by Crippen LogP contribution is 2.39. The molecule has 0 saturated carbocycles. The minimum atomic E-state index is -4.40. The van der Waals surface area contributed by atoms with Crippen molar-refractivity contribution in [3.05, 3.63) is 11.6 Å². The number of hydrogen-bond acceptors (Lipinski definition) is 2. The minimum Gasteiger partial charge on any atom is -0.340 e. The SMILES string of the molecule is CC(C)=CC1OC(C(F)(F)F)C(C)(C)O1. The number of rotatable bonds is 1. The quantitative estimate of drug-likeness (QED) is 0.637. The Morgan fingerprint density at radius 1 is 1.27 bits per heavy atom. The summed E-state index contributed by atoms with van der Waals surface area (Å²) in [6.07, 6.45) is -5.64. The lowest BCUT2D eigenvalue weighted by Crippen LogP contribution is -2.44. The zero-order chi connectivity index (χ0) is 11.9.